The number of anilines is 2. The Hall–Kier alpha value is -4.05. The summed E-state index contributed by atoms with van der Waals surface area (Å²) in [5.41, 5.74) is 3.32. The van der Waals surface area contributed by atoms with Gasteiger partial charge in [0.05, 0.1) is 17.0 Å². The lowest BCUT2D eigenvalue weighted by Gasteiger charge is -2.36. The summed E-state index contributed by atoms with van der Waals surface area (Å²) >= 11 is 18.1. The Kier molecular flexibility index (Phi) is 8.78. The molecule has 1 saturated heterocycles. The minimum atomic E-state index is -0.413. The molecule has 2 aromatic heterocycles. The van der Waals surface area contributed by atoms with Crippen molar-refractivity contribution in [2.45, 2.75) is 6.92 Å². The Morgan fingerprint density at radius 2 is 1.78 bits per heavy atom. The summed E-state index contributed by atoms with van der Waals surface area (Å²) in [5, 5.41) is 6.90. The van der Waals surface area contributed by atoms with Gasteiger partial charge in [0.25, 0.3) is 5.91 Å². The van der Waals surface area contributed by atoms with Crippen molar-refractivity contribution in [3.63, 3.8) is 0 Å². The van der Waals surface area contributed by atoms with E-state index in [-0.39, 0.29) is 11.0 Å². The number of carbonyl (C=O) groups excluding carboxylic acids is 2. The quantitative estimate of drug-likeness (QED) is 0.187. The third-order valence-corrected chi connectivity index (χ3v) is 7.48. The zero-order valence-electron chi connectivity index (χ0n) is 22.0. The van der Waals surface area contributed by atoms with Gasteiger partial charge in [-0.2, -0.15) is 0 Å². The van der Waals surface area contributed by atoms with Crippen molar-refractivity contribution in [1.82, 2.24) is 10.2 Å². The van der Waals surface area contributed by atoms with E-state index >= 15 is 0 Å². The number of nitrogens with zero attached hydrogens (tertiary/aromatic N) is 2. The van der Waals surface area contributed by atoms with Crippen LogP contribution in [0.3, 0.4) is 0 Å². The maximum atomic E-state index is 12.5. The second-order valence-electron chi connectivity index (χ2n) is 9.37. The fraction of sp³-hybridized carbons (Fsp3) is 0.167. The molecule has 8 nitrogen and oxygen atoms in total. The molecule has 0 unspecified atom stereocenters. The number of benzene rings is 2. The van der Waals surface area contributed by atoms with Gasteiger partial charge in [-0.15, -0.1) is 0 Å². The molecule has 0 atom stereocenters. The second-order valence-corrected chi connectivity index (χ2v) is 10.6. The van der Waals surface area contributed by atoms with Gasteiger partial charge in [0.15, 0.2) is 10.9 Å². The highest BCUT2D eigenvalue weighted by molar-refractivity contribution is 7.80. The molecule has 0 radical (unpaired) electrons. The normalized spacial score (nSPS) is 13.4. The number of nitrogens with one attached hydrogen (secondary N) is 2. The Morgan fingerprint density at radius 1 is 0.976 bits per heavy atom. The molecule has 2 N–H and O–H groups in total. The lowest BCUT2D eigenvalue weighted by atomic mass is 10.1. The second kappa shape index (κ2) is 12.6. The number of piperazine rings is 1. The molecule has 0 bridgehead atoms. The summed E-state index contributed by atoms with van der Waals surface area (Å²) in [6.45, 7) is 4.31. The molecule has 1 fully saturated rings. The van der Waals surface area contributed by atoms with E-state index < -0.39 is 5.91 Å². The van der Waals surface area contributed by atoms with Gasteiger partial charge in [-0.3, -0.25) is 14.9 Å². The number of aryl methyl sites for hydroxylation is 1. The Bertz CT molecular complexity index is 1610. The smallest absolute Gasteiger partial charge is 0.289 e. The van der Waals surface area contributed by atoms with Crippen LogP contribution in [0.5, 0.6) is 0 Å². The van der Waals surface area contributed by atoms with Crippen LogP contribution in [0.1, 0.15) is 21.9 Å². The Morgan fingerprint density at radius 3 is 2.49 bits per heavy atom. The van der Waals surface area contributed by atoms with Gasteiger partial charge < -0.3 is 24.0 Å². The number of carbonyl (C=O) groups is 2. The zero-order valence-corrected chi connectivity index (χ0v) is 24.4. The summed E-state index contributed by atoms with van der Waals surface area (Å²) in [4.78, 5) is 28.8. The van der Waals surface area contributed by atoms with Crippen molar-refractivity contribution in [2.24, 2.45) is 0 Å². The number of halogens is 2. The molecule has 2 aromatic carbocycles. The van der Waals surface area contributed by atoms with Crippen LogP contribution < -0.4 is 15.5 Å². The predicted molar refractivity (Wildman–Crippen MR) is 166 cm³/mol. The fourth-order valence-corrected chi connectivity index (χ4v) is 5.06. The molecule has 0 aliphatic carbocycles. The van der Waals surface area contributed by atoms with Crippen molar-refractivity contribution in [2.75, 3.05) is 36.4 Å². The van der Waals surface area contributed by atoms with E-state index in [1.807, 2.05) is 43.3 Å². The van der Waals surface area contributed by atoms with Gasteiger partial charge in [0.2, 0.25) is 5.91 Å². The van der Waals surface area contributed by atoms with Crippen LogP contribution in [-0.4, -0.2) is 48.0 Å². The molecule has 41 heavy (non-hydrogen) atoms. The van der Waals surface area contributed by atoms with Gasteiger partial charge in [-0.25, -0.2) is 0 Å². The van der Waals surface area contributed by atoms with E-state index in [0.717, 1.165) is 16.8 Å². The van der Waals surface area contributed by atoms with Crippen molar-refractivity contribution >= 4 is 69.8 Å². The van der Waals surface area contributed by atoms with Crippen LogP contribution in [0.25, 0.3) is 17.4 Å². The number of hydrogen-bond donors (Lipinski definition) is 2. The fourth-order valence-electron chi connectivity index (χ4n) is 4.37. The maximum absolute atomic E-state index is 12.5. The minimum Gasteiger partial charge on any atom is -0.459 e. The third kappa shape index (κ3) is 7.00. The largest absolute Gasteiger partial charge is 0.459 e. The van der Waals surface area contributed by atoms with Crippen LogP contribution in [0.2, 0.25) is 10.0 Å². The molecule has 1 aliphatic rings. The Labute approximate surface area is 252 Å². The molecule has 3 heterocycles. The molecule has 4 aromatic rings. The number of furan rings is 2. The zero-order chi connectivity index (χ0) is 28.9. The van der Waals surface area contributed by atoms with Gasteiger partial charge in [0, 0.05) is 48.5 Å². The number of rotatable bonds is 6. The first-order valence-corrected chi connectivity index (χ1v) is 14.0. The average molecular weight is 610 g/mol. The van der Waals surface area contributed by atoms with Crippen molar-refractivity contribution in [3.05, 3.63) is 100 Å². The van der Waals surface area contributed by atoms with Gasteiger partial charge in [-0.1, -0.05) is 35.3 Å². The summed E-state index contributed by atoms with van der Waals surface area (Å²) in [5.74, 6) is 0.966. The average Bonchev–Trinajstić information content (AvgIpc) is 3.66. The first-order chi connectivity index (χ1) is 19.8. The summed E-state index contributed by atoms with van der Waals surface area (Å²) in [6, 6.07) is 18.1. The highest BCUT2D eigenvalue weighted by atomic mass is 35.5. The van der Waals surface area contributed by atoms with E-state index in [1.165, 1.54) is 12.3 Å². The first kappa shape index (κ1) is 28.5. The lowest BCUT2D eigenvalue weighted by molar-refractivity contribution is -0.115. The van der Waals surface area contributed by atoms with Crippen LogP contribution in [0.15, 0.2) is 81.8 Å². The van der Waals surface area contributed by atoms with Crippen LogP contribution >= 0.6 is 35.4 Å². The molecular formula is C30H26Cl2N4O4S. The minimum absolute atomic E-state index is 0.118. The highest BCUT2D eigenvalue weighted by Crippen LogP contribution is 2.30. The highest BCUT2D eigenvalue weighted by Gasteiger charge is 2.24. The van der Waals surface area contributed by atoms with Crippen LogP contribution in [0.4, 0.5) is 11.4 Å². The Balaban J connectivity index is 1.11. The van der Waals surface area contributed by atoms with E-state index in [9.17, 15) is 9.59 Å². The summed E-state index contributed by atoms with van der Waals surface area (Å²) in [6.07, 6.45) is 4.39. The maximum Gasteiger partial charge on any atom is 0.289 e. The number of hydrogen-bond acceptors (Lipinski definition) is 6. The van der Waals surface area contributed by atoms with Crippen LogP contribution in [0, 0.1) is 6.92 Å². The molecule has 0 spiro atoms. The van der Waals surface area contributed by atoms with E-state index in [1.54, 1.807) is 35.2 Å². The molecule has 5 rings (SSSR count). The molecule has 1 aliphatic heterocycles. The standard InChI is InChI=1S/C30H26Cl2N4O4S/c1-19-4-5-20(17-23(19)31)26-10-7-22(40-26)8-11-28(37)34-30(41)33-21-6-9-25(24(32)18-21)35-12-14-36(15-13-35)29(38)27-3-2-16-39-27/h2-11,16-18H,12-15H2,1H3,(H2,33,34,37,41)/b11-8+. The van der Waals surface area contributed by atoms with Gasteiger partial charge in [0.1, 0.15) is 11.5 Å². The number of amides is 2. The summed E-state index contributed by atoms with van der Waals surface area (Å²) < 4.78 is 11.0. The van der Waals surface area contributed by atoms with Crippen LogP contribution in [-0.2, 0) is 4.79 Å². The first-order valence-electron chi connectivity index (χ1n) is 12.8. The third-order valence-electron chi connectivity index (χ3n) is 6.56. The molecule has 210 valence electrons. The van der Waals surface area contributed by atoms with Crippen molar-refractivity contribution < 1.29 is 18.4 Å². The van der Waals surface area contributed by atoms with E-state index in [0.29, 0.717) is 59.2 Å². The molecule has 0 saturated carbocycles. The molecule has 2 amide bonds. The molecule has 11 heteroatoms. The van der Waals surface area contributed by atoms with Gasteiger partial charge >= 0.3 is 0 Å². The van der Waals surface area contributed by atoms with Crippen molar-refractivity contribution in [1.29, 1.82) is 0 Å². The SMILES string of the molecule is Cc1ccc(-c2ccc(/C=C/C(=O)NC(=S)Nc3ccc(N4CCN(C(=O)c5ccco5)CC4)c(Cl)c3)o2)cc1Cl. The topological polar surface area (TPSA) is 91.0 Å². The van der Waals surface area contributed by atoms with Crippen molar-refractivity contribution in [3.8, 4) is 11.3 Å². The summed E-state index contributed by atoms with van der Waals surface area (Å²) in [7, 11) is 0. The predicted octanol–water partition coefficient (Wildman–Crippen LogP) is 6.64. The molecular weight excluding hydrogens is 583 g/mol. The van der Waals surface area contributed by atoms with Gasteiger partial charge in [-0.05, 0) is 79.3 Å². The lowest BCUT2D eigenvalue weighted by Crippen LogP contribution is -2.48. The van der Waals surface area contributed by atoms with E-state index in [2.05, 4.69) is 15.5 Å². The van der Waals surface area contributed by atoms with E-state index in [4.69, 9.17) is 44.3 Å². The monoisotopic (exact) mass is 608 g/mol. The number of thiocarbonyl (C=S) groups is 1.